The summed E-state index contributed by atoms with van der Waals surface area (Å²) in [6.45, 7) is -0.0580. The van der Waals surface area contributed by atoms with Gasteiger partial charge < -0.3 is 16.0 Å². The van der Waals surface area contributed by atoms with Crippen molar-refractivity contribution in [3.05, 3.63) is 16.3 Å². The highest BCUT2D eigenvalue weighted by molar-refractivity contribution is 5.81. The first-order valence-electron chi connectivity index (χ1n) is 5.82. The molecule has 19 heavy (non-hydrogen) atoms. The Morgan fingerprint density at radius 1 is 1.58 bits per heavy atom. The minimum absolute atomic E-state index is 0.0234. The number of aromatic nitrogens is 2. The van der Waals surface area contributed by atoms with E-state index in [0.717, 1.165) is 19.0 Å². The molecular formula is C10H14N6O3. The maximum atomic E-state index is 11.5. The average Bonchev–Trinajstić information content (AvgIpc) is 3.19. The van der Waals surface area contributed by atoms with Crippen molar-refractivity contribution in [1.29, 1.82) is 0 Å². The molecule has 1 aliphatic carbocycles. The van der Waals surface area contributed by atoms with Crippen LogP contribution in [0.1, 0.15) is 12.8 Å². The SMILES string of the molecule is CNc1ncc([N+](=O)[O-])c(NCC(=O)NC2CC2)n1. The summed E-state index contributed by atoms with van der Waals surface area (Å²) < 4.78 is 0. The summed E-state index contributed by atoms with van der Waals surface area (Å²) in [6, 6.07) is 0.252. The summed E-state index contributed by atoms with van der Waals surface area (Å²) in [5, 5.41) is 18.9. The van der Waals surface area contributed by atoms with E-state index >= 15 is 0 Å². The fourth-order valence-corrected chi connectivity index (χ4v) is 1.43. The van der Waals surface area contributed by atoms with Gasteiger partial charge in [0.15, 0.2) is 0 Å². The number of hydrogen-bond donors (Lipinski definition) is 3. The summed E-state index contributed by atoms with van der Waals surface area (Å²) >= 11 is 0. The second-order valence-corrected chi connectivity index (χ2v) is 4.13. The van der Waals surface area contributed by atoms with E-state index in [1.54, 1.807) is 7.05 Å². The number of carbonyl (C=O) groups is 1. The van der Waals surface area contributed by atoms with Crippen LogP contribution >= 0.6 is 0 Å². The fourth-order valence-electron chi connectivity index (χ4n) is 1.43. The Morgan fingerprint density at radius 3 is 2.89 bits per heavy atom. The Kier molecular flexibility index (Phi) is 3.74. The largest absolute Gasteiger partial charge is 0.357 e. The zero-order valence-electron chi connectivity index (χ0n) is 10.3. The highest BCUT2D eigenvalue weighted by Gasteiger charge is 2.23. The second kappa shape index (κ2) is 5.46. The van der Waals surface area contributed by atoms with Crippen molar-refractivity contribution in [3.8, 4) is 0 Å². The van der Waals surface area contributed by atoms with Crippen LogP contribution in [-0.2, 0) is 4.79 Å². The lowest BCUT2D eigenvalue weighted by atomic mass is 10.4. The van der Waals surface area contributed by atoms with Crippen molar-refractivity contribution < 1.29 is 9.72 Å². The van der Waals surface area contributed by atoms with Crippen LogP contribution in [0.25, 0.3) is 0 Å². The van der Waals surface area contributed by atoms with Crippen molar-refractivity contribution in [2.45, 2.75) is 18.9 Å². The van der Waals surface area contributed by atoms with Crippen LogP contribution in [0.5, 0.6) is 0 Å². The lowest BCUT2D eigenvalue weighted by molar-refractivity contribution is -0.384. The first-order valence-corrected chi connectivity index (χ1v) is 5.82. The van der Waals surface area contributed by atoms with Gasteiger partial charge in [0.25, 0.3) is 0 Å². The maximum Gasteiger partial charge on any atom is 0.329 e. The molecule has 0 saturated heterocycles. The van der Waals surface area contributed by atoms with Crippen LogP contribution in [0.3, 0.4) is 0 Å². The number of carbonyl (C=O) groups excluding carboxylic acids is 1. The first kappa shape index (κ1) is 13.0. The summed E-state index contributed by atoms with van der Waals surface area (Å²) in [5.74, 6) is 0.0624. The molecule has 0 unspecified atom stereocenters. The normalized spacial score (nSPS) is 13.7. The first-order chi connectivity index (χ1) is 9.10. The zero-order valence-corrected chi connectivity index (χ0v) is 10.3. The van der Waals surface area contributed by atoms with E-state index in [4.69, 9.17) is 0 Å². The molecule has 1 aliphatic rings. The molecule has 3 N–H and O–H groups in total. The average molecular weight is 266 g/mol. The molecule has 9 nitrogen and oxygen atoms in total. The topological polar surface area (TPSA) is 122 Å². The van der Waals surface area contributed by atoms with Gasteiger partial charge in [-0.3, -0.25) is 14.9 Å². The van der Waals surface area contributed by atoms with Crippen molar-refractivity contribution in [2.75, 3.05) is 24.2 Å². The Morgan fingerprint density at radius 2 is 2.32 bits per heavy atom. The number of nitrogens with zero attached hydrogens (tertiary/aromatic N) is 3. The number of hydrogen-bond acceptors (Lipinski definition) is 7. The van der Waals surface area contributed by atoms with E-state index in [1.165, 1.54) is 0 Å². The standard InChI is InChI=1S/C10H14N6O3/c1-11-10-13-4-7(16(18)19)9(15-10)12-5-8(17)14-6-2-3-6/h4,6H,2-3,5H2,1H3,(H,14,17)(H2,11,12,13,15). The molecular weight excluding hydrogens is 252 g/mol. The van der Waals surface area contributed by atoms with E-state index in [1.807, 2.05) is 0 Å². The summed E-state index contributed by atoms with van der Waals surface area (Å²) in [4.78, 5) is 29.4. The van der Waals surface area contributed by atoms with Crippen molar-refractivity contribution >= 4 is 23.4 Å². The van der Waals surface area contributed by atoms with Gasteiger partial charge in [0.1, 0.15) is 6.20 Å². The number of nitro groups is 1. The third-order valence-electron chi connectivity index (χ3n) is 2.55. The Balaban J connectivity index is 2.03. The van der Waals surface area contributed by atoms with Crippen LogP contribution in [0.2, 0.25) is 0 Å². The smallest absolute Gasteiger partial charge is 0.329 e. The number of anilines is 2. The molecule has 1 amide bonds. The molecule has 0 radical (unpaired) electrons. The summed E-state index contributed by atoms with van der Waals surface area (Å²) in [6.07, 6.45) is 3.08. The summed E-state index contributed by atoms with van der Waals surface area (Å²) in [5.41, 5.74) is -0.266. The van der Waals surface area contributed by atoms with Gasteiger partial charge in [-0.05, 0) is 12.8 Å². The van der Waals surface area contributed by atoms with Gasteiger partial charge in [-0.25, -0.2) is 4.98 Å². The van der Waals surface area contributed by atoms with E-state index in [-0.39, 0.29) is 35.9 Å². The fraction of sp³-hybridized carbons (Fsp3) is 0.500. The van der Waals surface area contributed by atoms with Crippen LogP contribution < -0.4 is 16.0 Å². The molecule has 1 aromatic rings. The van der Waals surface area contributed by atoms with E-state index in [0.29, 0.717) is 0 Å². The number of rotatable bonds is 6. The molecule has 9 heteroatoms. The number of amides is 1. The highest BCUT2D eigenvalue weighted by Crippen LogP contribution is 2.22. The summed E-state index contributed by atoms with van der Waals surface area (Å²) in [7, 11) is 1.60. The zero-order chi connectivity index (χ0) is 13.8. The molecule has 0 bridgehead atoms. The molecule has 1 aromatic heterocycles. The minimum Gasteiger partial charge on any atom is -0.357 e. The van der Waals surface area contributed by atoms with Crippen molar-refractivity contribution in [3.63, 3.8) is 0 Å². The highest BCUT2D eigenvalue weighted by atomic mass is 16.6. The Hall–Kier alpha value is -2.45. The van der Waals surface area contributed by atoms with Gasteiger partial charge in [-0.2, -0.15) is 4.98 Å². The van der Waals surface area contributed by atoms with Gasteiger partial charge in [0, 0.05) is 13.1 Å². The molecule has 0 aliphatic heterocycles. The lowest BCUT2D eigenvalue weighted by Crippen LogP contribution is -2.31. The molecule has 102 valence electrons. The predicted octanol–water partition coefficient (Wildman–Crippen LogP) is 0.117. The molecule has 1 fully saturated rings. The number of nitrogens with one attached hydrogen (secondary N) is 3. The van der Waals surface area contributed by atoms with Gasteiger partial charge in [0.2, 0.25) is 17.7 Å². The van der Waals surface area contributed by atoms with E-state index in [2.05, 4.69) is 25.9 Å². The molecule has 0 atom stereocenters. The second-order valence-electron chi connectivity index (χ2n) is 4.13. The minimum atomic E-state index is -0.597. The molecule has 1 heterocycles. The van der Waals surface area contributed by atoms with Crippen LogP contribution in [0, 0.1) is 10.1 Å². The van der Waals surface area contributed by atoms with Gasteiger partial charge in [-0.1, -0.05) is 0 Å². The van der Waals surface area contributed by atoms with Crippen molar-refractivity contribution in [2.24, 2.45) is 0 Å². The van der Waals surface area contributed by atoms with E-state index in [9.17, 15) is 14.9 Å². The maximum absolute atomic E-state index is 11.5. The van der Waals surface area contributed by atoms with Crippen molar-refractivity contribution in [1.82, 2.24) is 15.3 Å². The van der Waals surface area contributed by atoms with Gasteiger partial charge in [0.05, 0.1) is 11.5 Å². The molecule has 2 rings (SSSR count). The van der Waals surface area contributed by atoms with Crippen LogP contribution in [-0.4, -0.2) is 40.4 Å². The quantitative estimate of drug-likeness (QED) is 0.493. The molecule has 0 aromatic carbocycles. The third kappa shape index (κ3) is 3.50. The monoisotopic (exact) mass is 266 g/mol. The van der Waals surface area contributed by atoms with E-state index < -0.39 is 4.92 Å². The lowest BCUT2D eigenvalue weighted by Gasteiger charge is -2.07. The van der Waals surface area contributed by atoms with Crippen LogP contribution in [0.15, 0.2) is 6.20 Å². The van der Waals surface area contributed by atoms with Gasteiger partial charge >= 0.3 is 5.69 Å². The Bertz CT molecular complexity index is 502. The van der Waals surface area contributed by atoms with Crippen LogP contribution in [0.4, 0.5) is 17.5 Å². The van der Waals surface area contributed by atoms with Gasteiger partial charge in [-0.15, -0.1) is 0 Å². The Labute approximate surface area is 109 Å². The predicted molar refractivity (Wildman–Crippen MR) is 67.9 cm³/mol. The molecule has 0 spiro atoms. The third-order valence-corrected chi connectivity index (χ3v) is 2.55. The molecule has 1 saturated carbocycles.